The highest BCUT2D eigenvalue weighted by Gasteiger charge is 2.34. The summed E-state index contributed by atoms with van der Waals surface area (Å²) in [5, 5.41) is 0. The van der Waals surface area contributed by atoms with Gasteiger partial charge in [-0.2, -0.15) is 0 Å². The number of hydrogen-bond donors (Lipinski definition) is 0. The van der Waals surface area contributed by atoms with Crippen molar-refractivity contribution in [3.8, 4) is 0 Å². The molecule has 0 radical (unpaired) electrons. The number of carbonyl (C=O) groups excluding carboxylic acids is 1. The predicted molar refractivity (Wildman–Crippen MR) is 97.0 cm³/mol. The van der Waals surface area contributed by atoms with E-state index in [1.807, 2.05) is 0 Å². The SMILES string of the molecule is CC(=O)CCCOP(N(C(C)C)C(C)C)N(C(C)C)C(C)C. The molecular weight excluding hydrogens is 295 g/mol. The van der Waals surface area contributed by atoms with Crippen LogP contribution >= 0.6 is 8.45 Å². The molecule has 0 aromatic rings. The first-order valence-electron chi connectivity index (χ1n) is 8.58. The summed E-state index contributed by atoms with van der Waals surface area (Å²) < 4.78 is 11.3. The van der Waals surface area contributed by atoms with E-state index >= 15 is 0 Å². The van der Waals surface area contributed by atoms with E-state index in [4.69, 9.17) is 4.52 Å². The van der Waals surface area contributed by atoms with E-state index in [2.05, 4.69) is 64.7 Å². The van der Waals surface area contributed by atoms with Crippen LogP contribution in [-0.4, -0.2) is 45.9 Å². The molecule has 0 aliphatic heterocycles. The van der Waals surface area contributed by atoms with Crippen LogP contribution in [-0.2, 0) is 9.32 Å². The lowest BCUT2D eigenvalue weighted by Gasteiger charge is -2.45. The lowest BCUT2D eigenvalue weighted by molar-refractivity contribution is -0.117. The smallest absolute Gasteiger partial charge is 0.188 e. The standard InChI is InChI=1S/C17H37N2O2P/c1-13(2)18(14(3)4)22(19(15(5)6)16(7)8)21-12-10-11-17(9)20/h13-16H,10-12H2,1-9H3. The van der Waals surface area contributed by atoms with Gasteiger partial charge in [-0.15, -0.1) is 0 Å². The maximum atomic E-state index is 11.1. The third-order valence-corrected chi connectivity index (χ3v) is 6.44. The maximum Gasteiger partial charge on any atom is 0.188 e. The number of rotatable bonds is 11. The lowest BCUT2D eigenvalue weighted by atomic mass is 10.2. The third kappa shape index (κ3) is 7.50. The summed E-state index contributed by atoms with van der Waals surface area (Å²) >= 11 is 0. The van der Waals surface area contributed by atoms with Gasteiger partial charge in [-0.25, -0.2) is 9.34 Å². The molecule has 5 heteroatoms. The van der Waals surface area contributed by atoms with Gasteiger partial charge in [-0.05, 0) is 68.7 Å². The van der Waals surface area contributed by atoms with Gasteiger partial charge < -0.3 is 9.32 Å². The molecule has 0 saturated heterocycles. The van der Waals surface area contributed by atoms with E-state index in [0.717, 1.165) is 6.42 Å². The second-order valence-electron chi connectivity index (χ2n) is 7.03. The molecule has 0 heterocycles. The summed E-state index contributed by atoms with van der Waals surface area (Å²) in [5.74, 6) is 0.238. The largest absolute Gasteiger partial charge is 0.331 e. The monoisotopic (exact) mass is 332 g/mol. The van der Waals surface area contributed by atoms with Crippen LogP contribution in [0, 0.1) is 0 Å². The Kier molecular flexibility index (Phi) is 10.7. The van der Waals surface area contributed by atoms with Crippen LogP contribution in [0.3, 0.4) is 0 Å². The highest BCUT2D eigenvalue weighted by atomic mass is 31.2. The molecule has 0 rings (SSSR count). The van der Waals surface area contributed by atoms with Crippen molar-refractivity contribution < 1.29 is 9.32 Å². The molecule has 0 aliphatic carbocycles. The van der Waals surface area contributed by atoms with E-state index in [0.29, 0.717) is 37.2 Å². The van der Waals surface area contributed by atoms with Gasteiger partial charge in [0.1, 0.15) is 5.78 Å². The van der Waals surface area contributed by atoms with Gasteiger partial charge in [-0.3, -0.25) is 0 Å². The molecule has 132 valence electrons. The van der Waals surface area contributed by atoms with Crippen molar-refractivity contribution in [1.29, 1.82) is 0 Å². The zero-order valence-electron chi connectivity index (χ0n) is 16.1. The molecule has 0 spiro atoms. The number of ketones is 1. The Morgan fingerprint density at radius 1 is 0.864 bits per heavy atom. The molecule has 0 unspecified atom stereocenters. The van der Waals surface area contributed by atoms with Crippen molar-refractivity contribution in [2.24, 2.45) is 0 Å². The lowest BCUT2D eigenvalue weighted by Crippen LogP contribution is -2.43. The molecule has 4 nitrogen and oxygen atoms in total. The quantitative estimate of drug-likeness (QED) is 0.400. The Morgan fingerprint density at radius 2 is 1.23 bits per heavy atom. The van der Waals surface area contributed by atoms with Crippen molar-refractivity contribution in [2.75, 3.05) is 6.61 Å². The Labute approximate surface area is 139 Å². The Balaban J connectivity index is 5.14. The minimum Gasteiger partial charge on any atom is -0.331 e. The average Bonchev–Trinajstić information content (AvgIpc) is 2.31. The fourth-order valence-corrected chi connectivity index (χ4v) is 5.08. The van der Waals surface area contributed by atoms with Crippen LogP contribution < -0.4 is 0 Å². The first-order chi connectivity index (χ1) is 10.1. The van der Waals surface area contributed by atoms with Crippen molar-refractivity contribution in [2.45, 2.75) is 99.3 Å². The summed E-state index contributed by atoms with van der Waals surface area (Å²) in [6, 6.07) is 1.72. The zero-order chi connectivity index (χ0) is 17.4. The van der Waals surface area contributed by atoms with Crippen LogP contribution in [0.25, 0.3) is 0 Å². The summed E-state index contributed by atoms with van der Waals surface area (Å²) in [6.07, 6.45) is 1.41. The number of Topliss-reactive ketones (excluding diaryl/α,β-unsaturated/α-hetero) is 1. The van der Waals surface area contributed by atoms with Crippen molar-refractivity contribution in [3.63, 3.8) is 0 Å². The van der Waals surface area contributed by atoms with Crippen LogP contribution in [0.1, 0.15) is 75.2 Å². The topological polar surface area (TPSA) is 32.8 Å². The number of hydrogen-bond acceptors (Lipinski definition) is 4. The second kappa shape index (κ2) is 10.7. The van der Waals surface area contributed by atoms with Crippen molar-refractivity contribution >= 4 is 14.2 Å². The maximum absolute atomic E-state index is 11.1. The van der Waals surface area contributed by atoms with Crippen LogP contribution in [0.4, 0.5) is 0 Å². The minimum atomic E-state index is -0.821. The molecule has 0 aromatic heterocycles. The van der Waals surface area contributed by atoms with Crippen LogP contribution in [0.5, 0.6) is 0 Å². The molecule has 0 aromatic carbocycles. The summed E-state index contributed by atoms with van der Waals surface area (Å²) in [6.45, 7) is 20.1. The van der Waals surface area contributed by atoms with E-state index < -0.39 is 8.45 Å². The van der Waals surface area contributed by atoms with E-state index in [9.17, 15) is 4.79 Å². The fraction of sp³-hybridized carbons (Fsp3) is 0.941. The van der Waals surface area contributed by atoms with E-state index in [1.165, 1.54) is 0 Å². The molecule has 0 amide bonds. The van der Waals surface area contributed by atoms with E-state index in [1.54, 1.807) is 6.92 Å². The van der Waals surface area contributed by atoms with Crippen LogP contribution in [0.15, 0.2) is 0 Å². The highest BCUT2D eigenvalue weighted by Crippen LogP contribution is 2.50. The van der Waals surface area contributed by atoms with Crippen LogP contribution in [0.2, 0.25) is 0 Å². The summed E-state index contributed by atoms with van der Waals surface area (Å²) in [7, 11) is -0.821. The molecule has 0 fully saturated rings. The van der Waals surface area contributed by atoms with Gasteiger partial charge in [0.15, 0.2) is 8.45 Å². The molecule has 0 N–H and O–H groups in total. The first kappa shape index (κ1) is 22.0. The van der Waals surface area contributed by atoms with Gasteiger partial charge in [0, 0.05) is 30.6 Å². The average molecular weight is 332 g/mol. The predicted octanol–water partition coefficient (Wildman–Crippen LogP) is 4.84. The van der Waals surface area contributed by atoms with E-state index in [-0.39, 0.29) is 5.78 Å². The molecule has 0 saturated carbocycles. The first-order valence-corrected chi connectivity index (χ1v) is 9.75. The zero-order valence-corrected chi connectivity index (χ0v) is 17.0. The van der Waals surface area contributed by atoms with Gasteiger partial charge >= 0.3 is 0 Å². The molecule has 0 aliphatic rings. The summed E-state index contributed by atoms with van der Waals surface area (Å²) in [4.78, 5) is 11.1. The van der Waals surface area contributed by atoms with Crippen molar-refractivity contribution in [1.82, 2.24) is 9.34 Å². The second-order valence-corrected chi connectivity index (χ2v) is 8.71. The van der Waals surface area contributed by atoms with Gasteiger partial charge in [0.2, 0.25) is 0 Å². The Hall–Kier alpha value is -0.0200. The third-order valence-electron chi connectivity index (χ3n) is 3.39. The Bertz CT molecular complexity index is 284. The molecule has 0 bridgehead atoms. The Morgan fingerprint density at radius 3 is 1.50 bits per heavy atom. The number of nitrogens with zero attached hydrogens (tertiary/aromatic N) is 2. The summed E-state index contributed by atoms with van der Waals surface area (Å²) in [5.41, 5.74) is 0. The van der Waals surface area contributed by atoms with Gasteiger partial charge in [0.25, 0.3) is 0 Å². The number of carbonyl (C=O) groups is 1. The normalized spacial score (nSPS) is 12.9. The van der Waals surface area contributed by atoms with Gasteiger partial charge in [0.05, 0.1) is 6.61 Å². The molecular formula is C17H37N2O2P. The minimum absolute atomic E-state index is 0.238. The highest BCUT2D eigenvalue weighted by molar-refractivity contribution is 7.47. The van der Waals surface area contributed by atoms with Crippen molar-refractivity contribution in [3.05, 3.63) is 0 Å². The molecule has 22 heavy (non-hydrogen) atoms. The van der Waals surface area contributed by atoms with Gasteiger partial charge in [-0.1, -0.05) is 0 Å². The fourth-order valence-electron chi connectivity index (χ4n) is 2.70. The molecule has 0 atom stereocenters.